The fraction of sp³-hybridized carbons (Fsp3) is 0.938. The number of rotatable bonds is 4. The molecule has 1 aliphatic heterocycles. The molecule has 0 spiro atoms. The van der Waals surface area contributed by atoms with Crippen LogP contribution in [-0.4, -0.2) is 34.1 Å². The van der Waals surface area contributed by atoms with E-state index in [2.05, 4.69) is 13.8 Å². The molecule has 1 heterocycles. The first-order chi connectivity index (χ1) is 8.99. The van der Waals surface area contributed by atoms with Crippen LogP contribution in [0.25, 0.3) is 0 Å². The van der Waals surface area contributed by atoms with Crippen LogP contribution in [0.15, 0.2) is 0 Å². The van der Waals surface area contributed by atoms with Gasteiger partial charge in [0.2, 0.25) is 5.91 Å². The van der Waals surface area contributed by atoms with Crippen LogP contribution in [0.5, 0.6) is 0 Å². The summed E-state index contributed by atoms with van der Waals surface area (Å²) in [6.45, 7) is 4.76. The lowest BCUT2D eigenvalue weighted by Gasteiger charge is -2.44. The fourth-order valence-electron chi connectivity index (χ4n) is 3.62. The average molecular weight is 267 g/mol. The monoisotopic (exact) mass is 267 g/mol. The number of likely N-dealkylation sites (tertiary alicyclic amines) is 1. The highest BCUT2D eigenvalue weighted by atomic mass is 16.3. The normalized spacial score (nSPS) is 27.7. The molecule has 110 valence electrons. The van der Waals surface area contributed by atoms with Crippen LogP contribution in [-0.2, 0) is 4.79 Å². The van der Waals surface area contributed by atoms with Crippen LogP contribution in [0, 0.1) is 5.92 Å². The fourth-order valence-corrected chi connectivity index (χ4v) is 3.62. The maximum absolute atomic E-state index is 12.3. The zero-order valence-electron chi connectivity index (χ0n) is 12.5. The van der Waals surface area contributed by atoms with Crippen molar-refractivity contribution in [2.75, 3.05) is 6.54 Å². The van der Waals surface area contributed by atoms with E-state index < -0.39 is 0 Å². The summed E-state index contributed by atoms with van der Waals surface area (Å²) in [5, 5.41) is 9.76. The molecule has 2 rings (SSSR count). The lowest BCUT2D eigenvalue weighted by atomic mass is 9.88. The van der Waals surface area contributed by atoms with Gasteiger partial charge in [-0.3, -0.25) is 4.79 Å². The van der Waals surface area contributed by atoms with E-state index >= 15 is 0 Å². The molecule has 1 unspecified atom stereocenters. The number of carbonyl (C=O) groups excluding carboxylic acids is 1. The number of aliphatic hydroxyl groups excluding tert-OH is 1. The van der Waals surface area contributed by atoms with E-state index in [9.17, 15) is 9.90 Å². The van der Waals surface area contributed by atoms with Crippen LogP contribution < -0.4 is 0 Å². The Bertz CT molecular complexity index is 308. The third kappa shape index (κ3) is 3.95. The number of nitrogens with zero attached hydrogens (tertiary/aromatic N) is 1. The molecule has 1 aliphatic carbocycles. The third-order valence-corrected chi connectivity index (χ3v) is 4.99. The van der Waals surface area contributed by atoms with Crippen LogP contribution in [0.3, 0.4) is 0 Å². The summed E-state index contributed by atoms with van der Waals surface area (Å²) in [5.74, 6) is 1.11. The van der Waals surface area contributed by atoms with E-state index in [0.717, 1.165) is 25.2 Å². The van der Waals surface area contributed by atoms with Crippen molar-refractivity contribution in [3.8, 4) is 0 Å². The number of carbonyl (C=O) groups is 1. The van der Waals surface area contributed by atoms with Gasteiger partial charge in [0.25, 0.3) is 0 Å². The van der Waals surface area contributed by atoms with E-state index in [-0.39, 0.29) is 17.6 Å². The summed E-state index contributed by atoms with van der Waals surface area (Å²) in [7, 11) is 0. The minimum absolute atomic E-state index is 0.0797. The Balaban J connectivity index is 1.77. The molecule has 3 nitrogen and oxygen atoms in total. The van der Waals surface area contributed by atoms with Crippen LogP contribution >= 0.6 is 0 Å². The van der Waals surface area contributed by atoms with Gasteiger partial charge in [-0.15, -0.1) is 0 Å². The first-order valence-corrected chi connectivity index (χ1v) is 7.97. The summed E-state index contributed by atoms with van der Waals surface area (Å²) in [5.41, 5.74) is -0.0797. The van der Waals surface area contributed by atoms with Gasteiger partial charge in [-0.25, -0.2) is 0 Å². The molecule has 0 aromatic carbocycles. The number of amides is 1. The van der Waals surface area contributed by atoms with Gasteiger partial charge in [0, 0.05) is 18.5 Å². The lowest BCUT2D eigenvalue weighted by Crippen LogP contribution is -2.54. The molecule has 3 heteroatoms. The van der Waals surface area contributed by atoms with E-state index in [1.54, 1.807) is 0 Å². The van der Waals surface area contributed by atoms with Crippen molar-refractivity contribution in [1.29, 1.82) is 0 Å². The minimum atomic E-state index is -0.327. The average Bonchev–Trinajstić information content (AvgIpc) is 2.85. The van der Waals surface area contributed by atoms with Crippen LogP contribution in [0.1, 0.15) is 71.6 Å². The molecule has 2 fully saturated rings. The highest BCUT2D eigenvalue weighted by Crippen LogP contribution is 2.31. The van der Waals surface area contributed by atoms with E-state index in [1.807, 2.05) is 4.90 Å². The first kappa shape index (κ1) is 14.8. The maximum atomic E-state index is 12.3. The summed E-state index contributed by atoms with van der Waals surface area (Å²) in [6.07, 6.45) is 9.77. The van der Waals surface area contributed by atoms with Gasteiger partial charge in [0.15, 0.2) is 0 Å². The second kappa shape index (κ2) is 6.25. The van der Waals surface area contributed by atoms with Crippen molar-refractivity contribution in [3.05, 3.63) is 0 Å². The molecular formula is C16H29NO2. The van der Waals surface area contributed by atoms with Crippen molar-refractivity contribution < 1.29 is 9.90 Å². The SMILES string of the molecule is CC1(C)CCC(O)CN1C(=O)CCCC1CCCC1. The second-order valence-corrected chi connectivity index (χ2v) is 7.05. The standard InChI is InChI=1S/C16H29NO2/c1-16(2)11-10-14(18)12-17(16)15(19)9-5-8-13-6-3-4-7-13/h13-14,18H,3-12H2,1-2H3. The summed E-state index contributed by atoms with van der Waals surface area (Å²) in [4.78, 5) is 14.3. The van der Waals surface area contributed by atoms with E-state index in [0.29, 0.717) is 13.0 Å². The molecule has 0 aromatic rings. The van der Waals surface area contributed by atoms with Gasteiger partial charge >= 0.3 is 0 Å². The molecule has 0 bridgehead atoms. The highest BCUT2D eigenvalue weighted by molar-refractivity contribution is 5.77. The number of β-amino-alcohol motifs (C(OH)–C–C–N with tert-alkyl or cyclic N) is 1. The predicted octanol–water partition coefficient (Wildman–Crippen LogP) is 3.11. The minimum Gasteiger partial charge on any atom is -0.391 e. The number of piperidine rings is 1. The molecular weight excluding hydrogens is 238 g/mol. The van der Waals surface area contributed by atoms with E-state index in [1.165, 1.54) is 32.1 Å². The quantitative estimate of drug-likeness (QED) is 0.850. The molecule has 1 saturated heterocycles. The zero-order valence-corrected chi connectivity index (χ0v) is 12.5. The van der Waals surface area contributed by atoms with Gasteiger partial charge in [-0.1, -0.05) is 25.7 Å². The highest BCUT2D eigenvalue weighted by Gasteiger charge is 2.36. The molecule has 19 heavy (non-hydrogen) atoms. The lowest BCUT2D eigenvalue weighted by molar-refractivity contribution is -0.142. The summed E-state index contributed by atoms with van der Waals surface area (Å²) in [6, 6.07) is 0. The van der Waals surface area contributed by atoms with E-state index in [4.69, 9.17) is 0 Å². The molecule has 1 amide bonds. The van der Waals surface area contributed by atoms with Crippen LogP contribution in [0.4, 0.5) is 0 Å². The Kier molecular flexibility index (Phi) is 4.88. The smallest absolute Gasteiger partial charge is 0.223 e. The first-order valence-electron chi connectivity index (χ1n) is 7.97. The topological polar surface area (TPSA) is 40.5 Å². The van der Waals surface area contributed by atoms with Crippen molar-refractivity contribution in [2.24, 2.45) is 5.92 Å². The van der Waals surface area contributed by atoms with Crippen LogP contribution in [0.2, 0.25) is 0 Å². The Morgan fingerprint density at radius 1 is 1.26 bits per heavy atom. The molecule has 2 aliphatic rings. The van der Waals surface area contributed by atoms with Gasteiger partial charge in [0.1, 0.15) is 0 Å². The van der Waals surface area contributed by atoms with Crippen molar-refractivity contribution in [2.45, 2.75) is 83.3 Å². The molecule has 1 atom stereocenters. The van der Waals surface area contributed by atoms with Gasteiger partial charge < -0.3 is 10.0 Å². The summed E-state index contributed by atoms with van der Waals surface area (Å²) < 4.78 is 0. The Hall–Kier alpha value is -0.570. The van der Waals surface area contributed by atoms with Gasteiger partial charge in [-0.2, -0.15) is 0 Å². The van der Waals surface area contributed by atoms with Gasteiger partial charge in [0.05, 0.1) is 6.10 Å². The zero-order chi connectivity index (χ0) is 13.9. The number of aliphatic hydroxyl groups is 1. The second-order valence-electron chi connectivity index (χ2n) is 7.05. The van der Waals surface area contributed by atoms with Gasteiger partial charge in [-0.05, 0) is 45.4 Å². The Labute approximate surface area is 117 Å². The molecule has 0 aromatic heterocycles. The predicted molar refractivity (Wildman–Crippen MR) is 76.8 cm³/mol. The maximum Gasteiger partial charge on any atom is 0.223 e. The van der Waals surface area contributed by atoms with Crippen molar-refractivity contribution in [1.82, 2.24) is 4.90 Å². The van der Waals surface area contributed by atoms with Crippen molar-refractivity contribution in [3.63, 3.8) is 0 Å². The number of hydrogen-bond acceptors (Lipinski definition) is 2. The molecule has 1 N–H and O–H groups in total. The largest absolute Gasteiger partial charge is 0.391 e. The molecule has 0 radical (unpaired) electrons. The molecule has 1 saturated carbocycles. The van der Waals surface area contributed by atoms with Crippen molar-refractivity contribution >= 4 is 5.91 Å². The number of hydrogen-bond donors (Lipinski definition) is 1. The summed E-state index contributed by atoms with van der Waals surface area (Å²) >= 11 is 0. The third-order valence-electron chi connectivity index (χ3n) is 4.99. The Morgan fingerprint density at radius 3 is 2.63 bits per heavy atom. The Morgan fingerprint density at radius 2 is 1.95 bits per heavy atom.